The molecule has 1 aliphatic rings. The summed E-state index contributed by atoms with van der Waals surface area (Å²) in [5, 5.41) is 0.785. The van der Waals surface area contributed by atoms with Crippen molar-refractivity contribution in [3.8, 4) is 28.6 Å². The number of ether oxygens (including phenoxy) is 3. The summed E-state index contributed by atoms with van der Waals surface area (Å²) in [6.45, 7) is 0.349. The smallest absolute Gasteiger partial charge is 0.260 e. The summed E-state index contributed by atoms with van der Waals surface area (Å²) >= 11 is 1.67. The molecular formula is C26H26N2O4S. The summed E-state index contributed by atoms with van der Waals surface area (Å²) in [6, 6.07) is 13.2. The molecule has 2 heterocycles. The fourth-order valence-electron chi connectivity index (χ4n) is 4.34. The second-order valence-corrected chi connectivity index (χ2v) is 9.23. The third kappa shape index (κ3) is 4.33. The summed E-state index contributed by atoms with van der Waals surface area (Å²) in [6.07, 6.45) is 5.58. The fraction of sp³-hybridized carbons (Fsp3) is 0.308. The minimum atomic E-state index is -0.0418. The zero-order chi connectivity index (χ0) is 22.8. The number of aryl methyl sites for hydroxylation is 2. The van der Waals surface area contributed by atoms with Gasteiger partial charge in [0.1, 0.15) is 34.5 Å². The molecule has 0 aliphatic heterocycles. The van der Waals surface area contributed by atoms with E-state index in [0.717, 1.165) is 57.9 Å². The Hall–Kier alpha value is -3.32. The highest BCUT2D eigenvalue weighted by molar-refractivity contribution is 7.18. The minimum absolute atomic E-state index is 0.0418. The van der Waals surface area contributed by atoms with E-state index in [2.05, 4.69) is 4.98 Å². The quantitative estimate of drug-likeness (QED) is 0.382. The summed E-state index contributed by atoms with van der Waals surface area (Å²) in [7, 11) is 3.27. The van der Waals surface area contributed by atoms with Gasteiger partial charge in [-0.25, -0.2) is 4.98 Å². The van der Waals surface area contributed by atoms with Gasteiger partial charge in [-0.3, -0.25) is 4.79 Å². The molecular weight excluding hydrogens is 436 g/mol. The van der Waals surface area contributed by atoms with Gasteiger partial charge in [-0.15, -0.1) is 11.3 Å². The number of nitrogens with zero attached hydrogens (tertiary/aromatic N) is 1. The molecule has 0 saturated carbocycles. The first-order valence-corrected chi connectivity index (χ1v) is 12.0. The van der Waals surface area contributed by atoms with Crippen molar-refractivity contribution < 1.29 is 14.2 Å². The van der Waals surface area contributed by atoms with Crippen molar-refractivity contribution in [2.24, 2.45) is 0 Å². The molecule has 2 aromatic heterocycles. The van der Waals surface area contributed by atoms with Crippen LogP contribution in [-0.2, 0) is 19.4 Å². The van der Waals surface area contributed by atoms with Crippen LogP contribution in [0, 0.1) is 0 Å². The molecule has 4 aromatic rings. The van der Waals surface area contributed by atoms with E-state index >= 15 is 0 Å². The monoisotopic (exact) mass is 462 g/mol. The molecule has 2 aromatic carbocycles. The number of methoxy groups -OCH3 is 2. The predicted molar refractivity (Wildman–Crippen MR) is 131 cm³/mol. The Morgan fingerprint density at radius 3 is 2.55 bits per heavy atom. The number of hydrogen-bond donors (Lipinski definition) is 1. The van der Waals surface area contributed by atoms with Gasteiger partial charge in [0.2, 0.25) is 0 Å². The minimum Gasteiger partial charge on any atom is -0.497 e. The Balaban J connectivity index is 1.37. The van der Waals surface area contributed by atoms with Crippen LogP contribution in [-0.4, -0.2) is 24.2 Å². The number of H-pyrrole nitrogens is 1. The Morgan fingerprint density at radius 1 is 0.970 bits per heavy atom. The molecule has 0 unspecified atom stereocenters. The lowest BCUT2D eigenvalue weighted by Gasteiger charge is -2.12. The average Bonchev–Trinajstić information content (AvgIpc) is 3.04. The van der Waals surface area contributed by atoms with Crippen LogP contribution >= 0.6 is 11.3 Å². The maximum atomic E-state index is 12.9. The molecule has 0 bridgehead atoms. The number of benzene rings is 2. The number of hydrogen-bond acceptors (Lipinski definition) is 6. The van der Waals surface area contributed by atoms with Crippen LogP contribution in [0.25, 0.3) is 21.6 Å². The normalized spacial score (nSPS) is 13.4. The van der Waals surface area contributed by atoms with E-state index in [0.29, 0.717) is 12.4 Å². The maximum Gasteiger partial charge on any atom is 0.260 e. The van der Waals surface area contributed by atoms with Crippen molar-refractivity contribution in [2.45, 2.75) is 38.7 Å². The van der Waals surface area contributed by atoms with Gasteiger partial charge in [-0.05, 0) is 73.7 Å². The van der Waals surface area contributed by atoms with Crippen molar-refractivity contribution in [1.82, 2.24) is 9.97 Å². The van der Waals surface area contributed by atoms with E-state index in [4.69, 9.17) is 19.2 Å². The van der Waals surface area contributed by atoms with Crippen LogP contribution in [0.5, 0.6) is 17.2 Å². The SMILES string of the molecule is COc1ccc(OC)c(COc2ccc(-c3nc4sc5c(c4c(=O)[nH]3)CCCCC5)cc2)c1. The fourth-order valence-corrected chi connectivity index (χ4v) is 5.60. The second-order valence-electron chi connectivity index (χ2n) is 8.15. The van der Waals surface area contributed by atoms with Crippen LogP contribution in [0.1, 0.15) is 35.3 Å². The van der Waals surface area contributed by atoms with Crippen LogP contribution in [0.3, 0.4) is 0 Å². The third-order valence-electron chi connectivity index (χ3n) is 6.08. The molecule has 5 rings (SSSR count). The van der Waals surface area contributed by atoms with Gasteiger partial charge in [0.25, 0.3) is 5.56 Å². The Labute approximate surface area is 196 Å². The molecule has 33 heavy (non-hydrogen) atoms. The van der Waals surface area contributed by atoms with E-state index in [9.17, 15) is 4.79 Å². The summed E-state index contributed by atoms with van der Waals surface area (Å²) < 4.78 is 16.7. The third-order valence-corrected chi connectivity index (χ3v) is 7.27. The van der Waals surface area contributed by atoms with E-state index in [1.54, 1.807) is 25.6 Å². The number of aromatic nitrogens is 2. The highest BCUT2D eigenvalue weighted by atomic mass is 32.1. The average molecular weight is 463 g/mol. The lowest BCUT2D eigenvalue weighted by atomic mass is 10.1. The van der Waals surface area contributed by atoms with Gasteiger partial charge in [-0.2, -0.15) is 0 Å². The van der Waals surface area contributed by atoms with Crippen LogP contribution < -0.4 is 19.8 Å². The van der Waals surface area contributed by atoms with Crippen molar-refractivity contribution >= 4 is 21.6 Å². The zero-order valence-corrected chi connectivity index (χ0v) is 19.6. The highest BCUT2D eigenvalue weighted by Gasteiger charge is 2.19. The lowest BCUT2D eigenvalue weighted by molar-refractivity contribution is 0.295. The molecule has 0 atom stereocenters. The second kappa shape index (κ2) is 9.27. The zero-order valence-electron chi connectivity index (χ0n) is 18.8. The van der Waals surface area contributed by atoms with Crippen LogP contribution in [0.2, 0.25) is 0 Å². The van der Waals surface area contributed by atoms with E-state index in [-0.39, 0.29) is 5.56 Å². The van der Waals surface area contributed by atoms with Crippen molar-refractivity contribution in [3.63, 3.8) is 0 Å². The molecule has 170 valence electrons. The Kier molecular flexibility index (Phi) is 6.05. The van der Waals surface area contributed by atoms with Crippen molar-refractivity contribution in [3.05, 3.63) is 68.8 Å². The van der Waals surface area contributed by atoms with Gasteiger partial charge < -0.3 is 19.2 Å². The Bertz CT molecular complexity index is 1340. The standard InChI is InChI=1S/C26H26N2O4S/c1-30-19-12-13-21(31-2)17(14-19)15-32-18-10-8-16(9-11-18)24-27-25(29)23-20-6-4-3-5-7-22(20)33-26(23)28-24/h8-14H,3-7,15H2,1-2H3,(H,27,28,29). The van der Waals surface area contributed by atoms with E-state index in [1.165, 1.54) is 23.3 Å². The van der Waals surface area contributed by atoms with E-state index < -0.39 is 0 Å². The number of nitrogens with one attached hydrogen (secondary N) is 1. The number of aromatic amines is 1. The first-order valence-electron chi connectivity index (χ1n) is 11.1. The van der Waals surface area contributed by atoms with Gasteiger partial charge in [0, 0.05) is 16.0 Å². The summed E-state index contributed by atoms with van der Waals surface area (Å²) in [5.74, 6) is 2.80. The van der Waals surface area contributed by atoms with Crippen LogP contribution in [0.15, 0.2) is 47.3 Å². The summed E-state index contributed by atoms with van der Waals surface area (Å²) in [5.41, 5.74) is 2.92. The van der Waals surface area contributed by atoms with Gasteiger partial charge in [0.05, 0.1) is 19.6 Å². The molecule has 0 radical (unpaired) electrons. The highest BCUT2D eigenvalue weighted by Crippen LogP contribution is 2.34. The number of fused-ring (bicyclic) bond motifs is 3. The van der Waals surface area contributed by atoms with Gasteiger partial charge in [-0.1, -0.05) is 6.42 Å². The lowest BCUT2D eigenvalue weighted by Crippen LogP contribution is -2.10. The van der Waals surface area contributed by atoms with Crippen molar-refractivity contribution in [2.75, 3.05) is 14.2 Å². The summed E-state index contributed by atoms with van der Waals surface area (Å²) in [4.78, 5) is 22.9. The first kappa shape index (κ1) is 21.5. The topological polar surface area (TPSA) is 73.4 Å². The molecule has 0 fully saturated rings. The Morgan fingerprint density at radius 2 is 1.76 bits per heavy atom. The largest absolute Gasteiger partial charge is 0.497 e. The molecule has 1 aliphatic carbocycles. The van der Waals surface area contributed by atoms with Crippen molar-refractivity contribution in [1.29, 1.82) is 0 Å². The molecule has 7 heteroatoms. The molecule has 1 N–H and O–H groups in total. The number of thiophene rings is 1. The number of rotatable bonds is 6. The molecule has 0 spiro atoms. The van der Waals surface area contributed by atoms with Crippen LogP contribution in [0.4, 0.5) is 0 Å². The molecule has 6 nitrogen and oxygen atoms in total. The molecule has 0 saturated heterocycles. The maximum absolute atomic E-state index is 12.9. The van der Waals surface area contributed by atoms with Gasteiger partial charge >= 0.3 is 0 Å². The predicted octanol–water partition coefficient (Wildman–Crippen LogP) is 5.52. The first-order chi connectivity index (χ1) is 16.2. The van der Waals surface area contributed by atoms with Gasteiger partial charge in [0.15, 0.2) is 0 Å². The van der Waals surface area contributed by atoms with E-state index in [1.807, 2.05) is 42.5 Å². The molecule has 0 amide bonds.